The van der Waals surface area contributed by atoms with Crippen LogP contribution in [0.25, 0.3) is 11.4 Å². The lowest BCUT2D eigenvalue weighted by Crippen LogP contribution is -2.40. The Bertz CT molecular complexity index is 1210. The molecule has 0 atom stereocenters. The van der Waals surface area contributed by atoms with Crippen LogP contribution in [0.15, 0.2) is 42.6 Å². The van der Waals surface area contributed by atoms with Crippen molar-refractivity contribution in [1.82, 2.24) is 19.9 Å². The number of urea groups is 1. The number of amides is 2. The Labute approximate surface area is 216 Å². The number of benzene rings is 1. The summed E-state index contributed by atoms with van der Waals surface area (Å²) in [6.45, 7) is 5.10. The molecule has 2 aromatic heterocycles. The van der Waals surface area contributed by atoms with Crippen LogP contribution in [0.1, 0.15) is 5.56 Å². The van der Waals surface area contributed by atoms with Crippen LogP contribution >= 0.6 is 0 Å². The highest BCUT2D eigenvalue weighted by molar-refractivity contribution is 5.99. The number of pyridine rings is 1. The molecule has 2 aliphatic rings. The van der Waals surface area contributed by atoms with E-state index < -0.39 is 17.8 Å². The van der Waals surface area contributed by atoms with E-state index in [1.54, 1.807) is 24.3 Å². The quantitative estimate of drug-likeness (QED) is 0.513. The molecule has 14 heteroatoms. The third-order valence-electron chi connectivity index (χ3n) is 5.93. The van der Waals surface area contributed by atoms with Crippen LogP contribution in [0.4, 0.5) is 41.4 Å². The Morgan fingerprint density at radius 1 is 0.789 bits per heavy atom. The average molecular weight is 531 g/mol. The fraction of sp³-hybridized carbons (Fsp3) is 0.375. The van der Waals surface area contributed by atoms with Gasteiger partial charge < -0.3 is 24.6 Å². The van der Waals surface area contributed by atoms with E-state index in [9.17, 15) is 18.0 Å². The Morgan fingerprint density at radius 3 is 1.87 bits per heavy atom. The smallest absolute Gasteiger partial charge is 0.378 e. The number of nitrogens with one attached hydrogen (secondary N) is 2. The number of halogens is 3. The van der Waals surface area contributed by atoms with E-state index in [1.165, 1.54) is 0 Å². The zero-order valence-electron chi connectivity index (χ0n) is 20.2. The minimum absolute atomic E-state index is 0.0106. The number of carbonyl (C=O) groups is 1. The van der Waals surface area contributed by atoms with Crippen LogP contribution in [0.5, 0.6) is 0 Å². The zero-order valence-corrected chi connectivity index (χ0v) is 20.2. The van der Waals surface area contributed by atoms with Gasteiger partial charge >= 0.3 is 12.2 Å². The maximum Gasteiger partial charge on any atom is 0.417 e. The van der Waals surface area contributed by atoms with Gasteiger partial charge in [0.2, 0.25) is 11.9 Å². The number of aromatic nitrogens is 4. The monoisotopic (exact) mass is 530 g/mol. The maximum atomic E-state index is 12.7. The number of rotatable bonds is 5. The average Bonchev–Trinajstić information content (AvgIpc) is 2.94. The van der Waals surface area contributed by atoms with Crippen molar-refractivity contribution >= 4 is 29.4 Å². The van der Waals surface area contributed by atoms with E-state index in [1.807, 2.05) is 0 Å². The minimum atomic E-state index is -4.50. The van der Waals surface area contributed by atoms with Crippen LogP contribution in [0, 0.1) is 0 Å². The molecule has 1 aromatic carbocycles. The Kier molecular flexibility index (Phi) is 7.51. The highest BCUT2D eigenvalue weighted by Gasteiger charge is 2.30. The molecule has 2 saturated heterocycles. The molecule has 4 heterocycles. The van der Waals surface area contributed by atoms with Gasteiger partial charge in [0.1, 0.15) is 5.82 Å². The first-order valence-electron chi connectivity index (χ1n) is 12.0. The molecular formula is C24H25F3N8O3. The summed E-state index contributed by atoms with van der Waals surface area (Å²) in [5.41, 5.74) is 0.298. The van der Waals surface area contributed by atoms with Gasteiger partial charge in [0, 0.05) is 43.6 Å². The van der Waals surface area contributed by atoms with Crippen molar-refractivity contribution < 1.29 is 27.4 Å². The van der Waals surface area contributed by atoms with Gasteiger partial charge in [-0.15, -0.1) is 0 Å². The highest BCUT2D eigenvalue weighted by atomic mass is 19.4. The van der Waals surface area contributed by atoms with Gasteiger partial charge in [-0.25, -0.2) is 9.78 Å². The van der Waals surface area contributed by atoms with Crippen LogP contribution in [0.3, 0.4) is 0 Å². The second-order valence-corrected chi connectivity index (χ2v) is 8.54. The first-order valence-corrected chi connectivity index (χ1v) is 12.0. The van der Waals surface area contributed by atoms with Crippen molar-refractivity contribution in [2.75, 3.05) is 73.0 Å². The van der Waals surface area contributed by atoms with Crippen molar-refractivity contribution in [3.63, 3.8) is 0 Å². The van der Waals surface area contributed by atoms with Crippen molar-refractivity contribution in [1.29, 1.82) is 0 Å². The first kappa shape index (κ1) is 25.6. The summed E-state index contributed by atoms with van der Waals surface area (Å²) in [6, 6.07) is 8.20. The number of anilines is 4. The van der Waals surface area contributed by atoms with E-state index in [0.717, 1.165) is 17.7 Å². The topological polar surface area (TPSA) is 118 Å². The van der Waals surface area contributed by atoms with Gasteiger partial charge in [0.15, 0.2) is 5.82 Å². The third-order valence-corrected chi connectivity index (χ3v) is 5.93. The Balaban J connectivity index is 1.30. The molecule has 200 valence electrons. The number of alkyl halides is 3. The summed E-state index contributed by atoms with van der Waals surface area (Å²) < 4.78 is 49.0. The fourth-order valence-electron chi connectivity index (χ4n) is 3.91. The number of nitrogens with zero attached hydrogens (tertiary/aromatic N) is 6. The van der Waals surface area contributed by atoms with Gasteiger partial charge in [0.25, 0.3) is 0 Å². The Hall–Kier alpha value is -4.04. The fourth-order valence-corrected chi connectivity index (χ4v) is 3.91. The summed E-state index contributed by atoms with van der Waals surface area (Å²) in [6.07, 6.45) is -3.84. The largest absolute Gasteiger partial charge is 0.417 e. The molecule has 2 fully saturated rings. The molecule has 0 radical (unpaired) electrons. The Morgan fingerprint density at radius 2 is 1.37 bits per heavy atom. The van der Waals surface area contributed by atoms with Gasteiger partial charge in [-0.1, -0.05) is 0 Å². The molecule has 2 amide bonds. The highest BCUT2D eigenvalue weighted by Crippen LogP contribution is 2.29. The van der Waals surface area contributed by atoms with Crippen molar-refractivity contribution in [2.24, 2.45) is 0 Å². The van der Waals surface area contributed by atoms with Crippen molar-refractivity contribution in [3.8, 4) is 11.4 Å². The minimum Gasteiger partial charge on any atom is -0.378 e. The normalized spacial score (nSPS) is 16.3. The number of hydrogen-bond donors (Lipinski definition) is 2. The second kappa shape index (κ2) is 11.1. The van der Waals surface area contributed by atoms with E-state index in [2.05, 4.69) is 25.4 Å². The summed E-state index contributed by atoms with van der Waals surface area (Å²) in [5.74, 6) is 1.63. The zero-order chi connectivity index (χ0) is 26.5. The third kappa shape index (κ3) is 6.26. The van der Waals surface area contributed by atoms with Gasteiger partial charge in [-0.2, -0.15) is 28.1 Å². The molecule has 0 unspecified atom stereocenters. The van der Waals surface area contributed by atoms with E-state index >= 15 is 0 Å². The molecule has 2 aliphatic heterocycles. The number of ether oxygens (including phenoxy) is 2. The summed E-state index contributed by atoms with van der Waals surface area (Å²) in [5, 5.41) is 5.04. The molecule has 0 bridgehead atoms. The molecule has 3 aromatic rings. The molecule has 0 spiro atoms. The standard InChI is InChI=1S/C24H25F3N8O3/c25-24(26,27)17-3-6-19(28-15-17)30-23(36)29-18-4-1-16(2-5-18)20-31-21(34-7-11-37-12-8-34)33-22(32-20)35-9-13-38-14-10-35/h1-6,15H,7-14H2,(H2,28,29,30,36). The lowest BCUT2D eigenvalue weighted by atomic mass is 10.2. The number of hydrogen-bond acceptors (Lipinski definition) is 9. The molecular weight excluding hydrogens is 505 g/mol. The molecule has 0 aliphatic carbocycles. The molecule has 0 saturated carbocycles. The van der Waals surface area contributed by atoms with Gasteiger partial charge in [-0.05, 0) is 36.4 Å². The second-order valence-electron chi connectivity index (χ2n) is 8.54. The van der Waals surface area contributed by atoms with E-state index in [-0.39, 0.29) is 5.82 Å². The predicted molar refractivity (Wildman–Crippen MR) is 133 cm³/mol. The van der Waals surface area contributed by atoms with Crippen molar-refractivity contribution in [2.45, 2.75) is 6.18 Å². The lowest BCUT2D eigenvalue weighted by molar-refractivity contribution is -0.137. The van der Waals surface area contributed by atoms with Crippen molar-refractivity contribution in [3.05, 3.63) is 48.2 Å². The predicted octanol–water partition coefficient (Wildman–Crippen LogP) is 3.27. The van der Waals surface area contributed by atoms with Crippen LogP contribution in [-0.2, 0) is 15.7 Å². The van der Waals surface area contributed by atoms with E-state index in [4.69, 9.17) is 24.4 Å². The molecule has 2 N–H and O–H groups in total. The summed E-state index contributed by atoms with van der Waals surface area (Å²) in [4.78, 5) is 34.2. The van der Waals surface area contributed by atoms with Crippen LogP contribution < -0.4 is 20.4 Å². The molecule has 38 heavy (non-hydrogen) atoms. The number of morpholine rings is 2. The van der Waals surface area contributed by atoms with Gasteiger partial charge in [0.05, 0.1) is 32.0 Å². The summed E-state index contributed by atoms with van der Waals surface area (Å²) in [7, 11) is 0. The molecule has 5 rings (SSSR count). The lowest BCUT2D eigenvalue weighted by Gasteiger charge is -2.30. The maximum absolute atomic E-state index is 12.7. The SMILES string of the molecule is O=C(Nc1ccc(-c2nc(N3CCOCC3)nc(N3CCOCC3)n2)cc1)Nc1ccc(C(F)(F)F)cn1. The van der Waals surface area contributed by atoms with Crippen LogP contribution in [0.2, 0.25) is 0 Å². The van der Waals surface area contributed by atoms with Crippen LogP contribution in [-0.4, -0.2) is 78.6 Å². The van der Waals surface area contributed by atoms with Gasteiger partial charge in [-0.3, -0.25) is 5.32 Å². The van der Waals surface area contributed by atoms with E-state index in [0.29, 0.717) is 82.2 Å². The summed E-state index contributed by atoms with van der Waals surface area (Å²) >= 11 is 0. The first-order chi connectivity index (χ1) is 18.3. The number of carbonyl (C=O) groups excluding carboxylic acids is 1. The molecule has 11 nitrogen and oxygen atoms in total.